The fraction of sp³-hybridized carbons (Fsp3) is 0.400. The van der Waals surface area contributed by atoms with Crippen LogP contribution in [0.2, 0.25) is 5.02 Å². The molecule has 1 spiro atoms. The van der Waals surface area contributed by atoms with Crippen LogP contribution >= 0.6 is 11.6 Å². The third kappa shape index (κ3) is 3.11. The van der Waals surface area contributed by atoms with Gasteiger partial charge >= 0.3 is 0 Å². The first-order valence-electron chi connectivity index (χ1n) is 8.89. The van der Waals surface area contributed by atoms with E-state index in [1.54, 1.807) is 6.07 Å². The smallest absolute Gasteiger partial charge is 0.251 e. The van der Waals surface area contributed by atoms with E-state index >= 15 is 0 Å². The lowest BCUT2D eigenvalue weighted by atomic mass is 9.83. The van der Waals surface area contributed by atoms with Crippen molar-refractivity contribution in [3.63, 3.8) is 0 Å². The summed E-state index contributed by atoms with van der Waals surface area (Å²) in [5.74, 6) is -0.447. The molecule has 2 aromatic rings. The first-order chi connectivity index (χ1) is 12.5. The summed E-state index contributed by atoms with van der Waals surface area (Å²) in [5, 5.41) is 0.656. The summed E-state index contributed by atoms with van der Waals surface area (Å²) < 4.78 is 6.22. The number of benzene rings is 1. The van der Waals surface area contributed by atoms with Crippen LogP contribution in [0.1, 0.15) is 41.5 Å². The van der Waals surface area contributed by atoms with E-state index in [9.17, 15) is 4.79 Å². The highest BCUT2D eigenvalue weighted by Crippen LogP contribution is 2.50. The van der Waals surface area contributed by atoms with E-state index in [0.717, 1.165) is 55.0 Å². The van der Waals surface area contributed by atoms with Gasteiger partial charge in [-0.05, 0) is 55.2 Å². The minimum atomic E-state index is -0.688. The van der Waals surface area contributed by atoms with Crippen molar-refractivity contribution in [3.05, 3.63) is 63.9 Å². The largest absolute Gasteiger partial charge is 0.367 e. The molecule has 2 aliphatic rings. The third-order valence-electron chi connectivity index (χ3n) is 5.39. The number of nitrogens with two attached hydrogens (primary N) is 1. The number of piperidine rings is 1. The molecular formula is C20H22ClN3O2. The first-order valence-corrected chi connectivity index (χ1v) is 9.27. The lowest BCUT2D eigenvalue weighted by Crippen LogP contribution is -2.42. The molecule has 136 valence electrons. The second-order valence-corrected chi connectivity index (χ2v) is 7.61. The van der Waals surface area contributed by atoms with Gasteiger partial charge in [-0.3, -0.25) is 14.7 Å². The zero-order valence-electron chi connectivity index (χ0n) is 14.7. The number of aryl methyl sites for hydroxylation is 1. The number of carbonyl (C=O) groups is 1. The Hall–Kier alpha value is -1.95. The van der Waals surface area contributed by atoms with Crippen molar-refractivity contribution in [3.8, 4) is 0 Å². The number of pyridine rings is 1. The summed E-state index contributed by atoms with van der Waals surface area (Å²) in [4.78, 5) is 18.8. The number of aromatic nitrogens is 1. The summed E-state index contributed by atoms with van der Waals surface area (Å²) in [6.07, 6.45) is 0.915. The number of ether oxygens (including phenoxy) is 1. The minimum absolute atomic E-state index is 0.447. The Bertz CT molecular complexity index is 847. The number of nitrogens with zero attached hydrogens (tertiary/aromatic N) is 2. The Morgan fingerprint density at radius 2 is 2.12 bits per heavy atom. The molecule has 3 heterocycles. The lowest BCUT2D eigenvalue weighted by Gasteiger charge is -2.39. The molecule has 1 amide bonds. The zero-order valence-corrected chi connectivity index (χ0v) is 15.5. The first kappa shape index (κ1) is 17.5. The molecular weight excluding hydrogens is 350 g/mol. The van der Waals surface area contributed by atoms with Gasteiger partial charge in [0.1, 0.15) is 0 Å². The van der Waals surface area contributed by atoms with Gasteiger partial charge in [0.05, 0.1) is 11.3 Å². The summed E-state index contributed by atoms with van der Waals surface area (Å²) in [6, 6.07) is 11.7. The van der Waals surface area contributed by atoms with Crippen molar-refractivity contribution in [2.45, 2.75) is 38.0 Å². The fourth-order valence-corrected chi connectivity index (χ4v) is 4.26. The maximum absolute atomic E-state index is 11.9. The number of rotatable bonds is 3. The van der Waals surface area contributed by atoms with E-state index in [2.05, 4.69) is 16.0 Å². The monoisotopic (exact) mass is 371 g/mol. The van der Waals surface area contributed by atoms with Crippen LogP contribution < -0.4 is 5.73 Å². The summed E-state index contributed by atoms with van der Waals surface area (Å²) >= 11 is 6.21. The summed E-state index contributed by atoms with van der Waals surface area (Å²) in [6.45, 7) is 4.56. The van der Waals surface area contributed by atoms with E-state index in [0.29, 0.717) is 5.02 Å². The molecule has 1 atom stereocenters. The summed E-state index contributed by atoms with van der Waals surface area (Å²) in [7, 11) is 0. The van der Waals surface area contributed by atoms with Crippen LogP contribution in [0.4, 0.5) is 0 Å². The van der Waals surface area contributed by atoms with Gasteiger partial charge in [-0.2, -0.15) is 0 Å². The number of halogens is 1. The number of primary amides is 1. The van der Waals surface area contributed by atoms with E-state index in [-0.39, 0.29) is 0 Å². The van der Waals surface area contributed by atoms with Crippen LogP contribution in [-0.2, 0) is 21.7 Å². The van der Waals surface area contributed by atoms with Crippen LogP contribution in [0.5, 0.6) is 0 Å². The van der Waals surface area contributed by atoms with E-state index < -0.39 is 17.6 Å². The van der Waals surface area contributed by atoms with Gasteiger partial charge in [-0.25, -0.2) is 0 Å². The molecule has 1 aromatic carbocycles. The molecule has 0 saturated carbocycles. The molecule has 2 aliphatic heterocycles. The van der Waals surface area contributed by atoms with Crippen molar-refractivity contribution in [2.75, 3.05) is 13.1 Å². The minimum Gasteiger partial charge on any atom is -0.367 e. The van der Waals surface area contributed by atoms with Crippen molar-refractivity contribution in [1.29, 1.82) is 0 Å². The molecule has 5 nitrogen and oxygen atoms in total. The van der Waals surface area contributed by atoms with Gasteiger partial charge in [0.2, 0.25) is 0 Å². The standard InChI is InChI=1S/C20H22ClN3O2/c1-13-3-2-4-15(23-13)12-24-9-7-20(8-10-24)17-11-14(21)5-6-16(17)18(26-20)19(22)25/h2-6,11,18H,7-10,12H2,1H3,(H2,22,25). The van der Waals surface area contributed by atoms with Crippen molar-refractivity contribution >= 4 is 17.5 Å². The zero-order chi connectivity index (χ0) is 18.3. The van der Waals surface area contributed by atoms with Crippen molar-refractivity contribution < 1.29 is 9.53 Å². The van der Waals surface area contributed by atoms with Gasteiger partial charge in [0.15, 0.2) is 6.10 Å². The van der Waals surface area contributed by atoms with Gasteiger partial charge in [0.25, 0.3) is 5.91 Å². The fourth-order valence-electron chi connectivity index (χ4n) is 4.09. The number of hydrogen-bond acceptors (Lipinski definition) is 4. The lowest BCUT2D eigenvalue weighted by molar-refractivity contribution is -0.148. The molecule has 0 bridgehead atoms. The number of carbonyl (C=O) groups excluding carboxylic acids is 1. The predicted molar refractivity (Wildman–Crippen MR) is 99.6 cm³/mol. The highest BCUT2D eigenvalue weighted by atomic mass is 35.5. The Morgan fingerprint density at radius 1 is 1.35 bits per heavy atom. The topological polar surface area (TPSA) is 68.5 Å². The van der Waals surface area contributed by atoms with E-state index in [4.69, 9.17) is 22.1 Å². The van der Waals surface area contributed by atoms with E-state index in [1.165, 1.54) is 0 Å². The molecule has 1 fully saturated rings. The SMILES string of the molecule is Cc1cccc(CN2CCC3(CC2)OC(C(N)=O)c2ccc(Cl)cc23)n1. The number of amides is 1. The highest BCUT2D eigenvalue weighted by molar-refractivity contribution is 6.30. The number of fused-ring (bicyclic) bond motifs is 2. The van der Waals surface area contributed by atoms with Crippen LogP contribution in [0.25, 0.3) is 0 Å². The second-order valence-electron chi connectivity index (χ2n) is 7.17. The molecule has 6 heteroatoms. The Balaban J connectivity index is 1.53. The maximum Gasteiger partial charge on any atom is 0.251 e. The van der Waals surface area contributed by atoms with Crippen LogP contribution in [0.15, 0.2) is 36.4 Å². The Morgan fingerprint density at radius 3 is 2.81 bits per heavy atom. The van der Waals surface area contributed by atoms with Crippen molar-refractivity contribution in [1.82, 2.24) is 9.88 Å². The van der Waals surface area contributed by atoms with Crippen LogP contribution in [0, 0.1) is 6.92 Å². The predicted octanol–water partition coefficient (Wildman–Crippen LogP) is 3.09. The van der Waals surface area contributed by atoms with E-state index in [1.807, 2.05) is 31.2 Å². The average Bonchev–Trinajstić information content (AvgIpc) is 2.91. The summed E-state index contributed by atoms with van der Waals surface area (Å²) in [5.41, 5.74) is 9.07. The quantitative estimate of drug-likeness (QED) is 0.900. The molecule has 26 heavy (non-hydrogen) atoms. The van der Waals surface area contributed by atoms with Gasteiger partial charge in [0, 0.05) is 30.4 Å². The van der Waals surface area contributed by atoms with Gasteiger partial charge in [-0.1, -0.05) is 23.7 Å². The third-order valence-corrected chi connectivity index (χ3v) is 5.62. The van der Waals surface area contributed by atoms with Crippen LogP contribution in [0.3, 0.4) is 0 Å². The molecule has 2 N–H and O–H groups in total. The number of hydrogen-bond donors (Lipinski definition) is 1. The molecule has 1 unspecified atom stereocenters. The Labute approximate surface area is 158 Å². The molecule has 1 aromatic heterocycles. The second kappa shape index (κ2) is 6.65. The maximum atomic E-state index is 11.9. The number of likely N-dealkylation sites (tertiary alicyclic amines) is 1. The average molecular weight is 372 g/mol. The molecule has 4 rings (SSSR count). The normalized spacial score (nSPS) is 21.7. The van der Waals surface area contributed by atoms with Crippen LogP contribution in [-0.4, -0.2) is 28.9 Å². The van der Waals surface area contributed by atoms with Crippen molar-refractivity contribution in [2.24, 2.45) is 5.73 Å². The molecule has 1 saturated heterocycles. The molecule has 0 aliphatic carbocycles. The highest BCUT2D eigenvalue weighted by Gasteiger charge is 2.48. The molecule has 0 radical (unpaired) electrons. The van der Waals surface area contributed by atoms with Gasteiger partial charge < -0.3 is 10.5 Å². The Kier molecular flexibility index (Phi) is 4.47. The van der Waals surface area contributed by atoms with Gasteiger partial charge in [-0.15, -0.1) is 0 Å².